The first kappa shape index (κ1) is 7.84. The second kappa shape index (κ2) is 2.77. The number of para-hydroxylation sites is 1. The summed E-state index contributed by atoms with van der Waals surface area (Å²) in [6.45, 7) is 0. The van der Waals surface area contributed by atoms with Gasteiger partial charge in [0.1, 0.15) is 6.23 Å². The summed E-state index contributed by atoms with van der Waals surface area (Å²) in [4.78, 5) is 0. The number of aliphatic hydroxyl groups excluding tert-OH is 1. The van der Waals surface area contributed by atoms with Gasteiger partial charge in [0.25, 0.3) is 0 Å². The Morgan fingerprint density at radius 2 is 1.91 bits per heavy atom. The maximum absolute atomic E-state index is 9.08. The highest BCUT2D eigenvalue weighted by Gasteiger charge is 2.09. The summed E-state index contributed by atoms with van der Waals surface area (Å²) >= 11 is 0. The molecular formula is C7H9NO3. The van der Waals surface area contributed by atoms with Crippen LogP contribution in [0.25, 0.3) is 0 Å². The number of rotatable bonds is 1. The van der Waals surface area contributed by atoms with Gasteiger partial charge in [0, 0.05) is 5.56 Å². The van der Waals surface area contributed by atoms with Crippen molar-refractivity contribution in [3.8, 4) is 11.5 Å². The Morgan fingerprint density at radius 1 is 1.27 bits per heavy atom. The van der Waals surface area contributed by atoms with E-state index in [4.69, 9.17) is 21.1 Å². The second-order valence-electron chi connectivity index (χ2n) is 2.16. The molecule has 1 atom stereocenters. The highest BCUT2D eigenvalue weighted by Crippen LogP contribution is 2.30. The van der Waals surface area contributed by atoms with E-state index in [2.05, 4.69) is 0 Å². The van der Waals surface area contributed by atoms with E-state index in [0.29, 0.717) is 0 Å². The molecule has 0 saturated heterocycles. The third-order valence-corrected chi connectivity index (χ3v) is 1.36. The number of hydrogen-bond acceptors (Lipinski definition) is 4. The van der Waals surface area contributed by atoms with Gasteiger partial charge in [-0.2, -0.15) is 0 Å². The van der Waals surface area contributed by atoms with Gasteiger partial charge in [-0.3, -0.25) is 0 Å². The largest absolute Gasteiger partial charge is 0.504 e. The van der Waals surface area contributed by atoms with Crippen molar-refractivity contribution in [2.75, 3.05) is 0 Å². The molecule has 1 rings (SSSR count). The van der Waals surface area contributed by atoms with E-state index in [9.17, 15) is 0 Å². The highest BCUT2D eigenvalue weighted by atomic mass is 16.3. The molecule has 4 heteroatoms. The molecule has 4 nitrogen and oxygen atoms in total. The molecule has 0 fully saturated rings. The van der Waals surface area contributed by atoms with Crippen LogP contribution < -0.4 is 5.73 Å². The SMILES string of the molecule is NC(O)c1cccc(O)c1O. The van der Waals surface area contributed by atoms with Crippen molar-refractivity contribution >= 4 is 0 Å². The van der Waals surface area contributed by atoms with Crippen molar-refractivity contribution in [1.29, 1.82) is 0 Å². The van der Waals surface area contributed by atoms with Crippen molar-refractivity contribution in [1.82, 2.24) is 0 Å². The van der Waals surface area contributed by atoms with Gasteiger partial charge in [-0.1, -0.05) is 12.1 Å². The molecule has 1 unspecified atom stereocenters. The van der Waals surface area contributed by atoms with Gasteiger partial charge in [-0.25, -0.2) is 0 Å². The molecule has 60 valence electrons. The Kier molecular flexibility index (Phi) is 1.98. The first-order valence-electron chi connectivity index (χ1n) is 3.07. The number of aromatic hydroxyl groups is 2. The first-order valence-corrected chi connectivity index (χ1v) is 3.07. The standard InChI is InChI=1S/C7H9NO3/c8-7(11)4-2-1-3-5(9)6(4)10/h1-3,7,9-11H,8H2. The fourth-order valence-electron chi connectivity index (χ4n) is 0.787. The van der Waals surface area contributed by atoms with Crippen LogP contribution in [0.15, 0.2) is 18.2 Å². The third-order valence-electron chi connectivity index (χ3n) is 1.36. The fourth-order valence-corrected chi connectivity index (χ4v) is 0.787. The first-order chi connectivity index (χ1) is 5.13. The molecule has 0 amide bonds. The Labute approximate surface area is 63.5 Å². The molecule has 1 aromatic carbocycles. The molecule has 0 bridgehead atoms. The van der Waals surface area contributed by atoms with Crippen LogP contribution in [0.4, 0.5) is 0 Å². The third kappa shape index (κ3) is 1.42. The van der Waals surface area contributed by atoms with Crippen LogP contribution in [0, 0.1) is 0 Å². The van der Waals surface area contributed by atoms with Gasteiger partial charge >= 0.3 is 0 Å². The molecule has 11 heavy (non-hydrogen) atoms. The minimum Gasteiger partial charge on any atom is -0.504 e. The maximum atomic E-state index is 9.08. The summed E-state index contributed by atoms with van der Waals surface area (Å²) in [6.07, 6.45) is -1.26. The van der Waals surface area contributed by atoms with E-state index < -0.39 is 6.23 Å². The van der Waals surface area contributed by atoms with E-state index in [1.165, 1.54) is 18.2 Å². The zero-order valence-corrected chi connectivity index (χ0v) is 5.73. The molecule has 0 aliphatic heterocycles. The highest BCUT2D eigenvalue weighted by molar-refractivity contribution is 5.44. The summed E-state index contributed by atoms with van der Waals surface area (Å²) in [5.41, 5.74) is 5.18. The maximum Gasteiger partial charge on any atom is 0.164 e. The van der Waals surface area contributed by atoms with Crippen LogP contribution in [-0.2, 0) is 0 Å². The zero-order valence-electron chi connectivity index (χ0n) is 5.73. The van der Waals surface area contributed by atoms with Gasteiger partial charge in [0.05, 0.1) is 0 Å². The zero-order chi connectivity index (χ0) is 8.43. The Morgan fingerprint density at radius 3 is 2.36 bits per heavy atom. The molecule has 0 aromatic heterocycles. The number of phenolic OH excluding ortho intramolecular Hbond substituents is 2. The Balaban J connectivity index is 3.17. The lowest BCUT2D eigenvalue weighted by molar-refractivity contribution is 0.181. The number of benzene rings is 1. The summed E-state index contributed by atoms with van der Waals surface area (Å²) < 4.78 is 0. The lowest BCUT2D eigenvalue weighted by atomic mass is 10.1. The monoisotopic (exact) mass is 155 g/mol. The Hall–Kier alpha value is -1.26. The summed E-state index contributed by atoms with van der Waals surface area (Å²) in [5.74, 6) is -0.658. The van der Waals surface area contributed by atoms with E-state index in [-0.39, 0.29) is 17.1 Å². The van der Waals surface area contributed by atoms with Gasteiger partial charge < -0.3 is 21.1 Å². The summed E-state index contributed by atoms with van der Waals surface area (Å²) in [7, 11) is 0. The van der Waals surface area contributed by atoms with Gasteiger partial charge in [-0.15, -0.1) is 0 Å². The smallest absolute Gasteiger partial charge is 0.164 e. The lowest BCUT2D eigenvalue weighted by Gasteiger charge is -2.07. The van der Waals surface area contributed by atoms with Crippen molar-refractivity contribution in [2.45, 2.75) is 6.23 Å². The minimum atomic E-state index is -1.26. The average Bonchev–Trinajstić information content (AvgIpc) is 1.94. The van der Waals surface area contributed by atoms with E-state index in [1.54, 1.807) is 0 Å². The molecule has 0 radical (unpaired) electrons. The molecule has 0 saturated carbocycles. The van der Waals surface area contributed by atoms with Crippen LogP contribution in [-0.4, -0.2) is 15.3 Å². The molecular weight excluding hydrogens is 146 g/mol. The van der Waals surface area contributed by atoms with Crippen molar-refractivity contribution in [3.05, 3.63) is 23.8 Å². The van der Waals surface area contributed by atoms with Crippen molar-refractivity contribution in [2.24, 2.45) is 5.73 Å². The lowest BCUT2D eigenvalue weighted by Crippen LogP contribution is -2.08. The Bertz CT molecular complexity index is 260. The van der Waals surface area contributed by atoms with Crippen LogP contribution in [0.1, 0.15) is 11.8 Å². The predicted octanol–water partition coefficient (Wildman–Crippen LogP) is 0.0474. The number of hydrogen-bond donors (Lipinski definition) is 4. The van der Waals surface area contributed by atoms with E-state index in [0.717, 1.165) is 0 Å². The number of phenols is 2. The molecule has 0 heterocycles. The van der Waals surface area contributed by atoms with Crippen LogP contribution in [0.5, 0.6) is 11.5 Å². The van der Waals surface area contributed by atoms with Crippen LogP contribution >= 0.6 is 0 Å². The number of aliphatic hydroxyl groups is 1. The van der Waals surface area contributed by atoms with Crippen LogP contribution in [0.3, 0.4) is 0 Å². The quantitative estimate of drug-likeness (QED) is 0.341. The van der Waals surface area contributed by atoms with Crippen molar-refractivity contribution in [3.63, 3.8) is 0 Å². The normalized spacial score (nSPS) is 12.9. The molecule has 0 aliphatic rings. The molecule has 1 aromatic rings. The van der Waals surface area contributed by atoms with Gasteiger partial charge in [0.2, 0.25) is 0 Å². The van der Waals surface area contributed by atoms with Gasteiger partial charge in [-0.05, 0) is 6.07 Å². The minimum absolute atomic E-state index is 0.116. The summed E-state index contributed by atoms with van der Waals surface area (Å²) in [5, 5.41) is 26.8. The van der Waals surface area contributed by atoms with E-state index >= 15 is 0 Å². The molecule has 0 spiro atoms. The fraction of sp³-hybridized carbons (Fsp3) is 0.143. The average molecular weight is 155 g/mol. The topological polar surface area (TPSA) is 86.7 Å². The van der Waals surface area contributed by atoms with Gasteiger partial charge in [0.15, 0.2) is 11.5 Å². The summed E-state index contributed by atoms with van der Waals surface area (Å²) in [6, 6.07) is 4.22. The van der Waals surface area contributed by atoms with Crippen molar-refractivity contribution < 1.29 is 15.3 Å². The number of nitrogens with two attached hydrogens (primary N) is 1. The predicted molar refractivity (Wildman–Crippen MR) is 38.9 cm³/mol. The second-order valence-corrected chi connectivity index (χ2v) is 2.16. The molecule has 0 aliphatic carbocycles. The van der Waals surface area contributed by atoms with Crippen LogP contribution in [0.2, 0.25) is 0 Å². The molecule has 5 N–H and O–H groups in total. The van der Waals surface area contributed by atoms with E-state index in [1.807, 2.05) is 0 Å².